The van der Waals surface area contributed by atoms with Crippen molar-refractivity contribution in [3.05, 3.63) is 108 Å². The van der Waals surface area contributed by atoms with Crippen LogP contribution in [0.4, 0.5) is 4.39 Å². The van der Waals surface area contributed by atoms with E-state index in [4.69, 9.17) is 4.74 Å². The average molecular weight is 414 g/mol. The molecule has 2 N–H and O–H groups in total. The van der Waals surface area contributed by atoms with E-state index in [1.54, 1.807) is 18.2 Å². The van der Waals surface area contributed by atoms with Crippen molar-refractivity contribution in [2.24, 2.45) is 5.10 Å². The Labute approximate surface area is 178 Å². The van der Waals surface area contributed by atoms with Gasteiger partial charge < -0.3 is 4.74 Å². The minimum absolute atomic E-state index is 0.274. The smallest absolute Gasteiger partial charge is 0.289 e. The van der Waals surface area contributed by atoms with Gasteiger partial charge in [-0.2, -0.15) is 10.2 Å². The fraction of sp³-hybridized carbons (Fsp3) is 0.0417. The molecule has 1 aromatic heterocycles. The van der Waals surface area contributed by atoms with Gasteiger partial charge in [0.1, 0.15) is 23.9 Å². The third-order valence-electron chi connectivity index (χ3n) is 4.47. The van der Waals surface area contributed by atoms with Crippen LogP contribution in [0.5, 0.6) is 5.75 Å². The highest BCUT2D eigenvalue weighted by molar-refractivity contribution is 5.94. The van der Waals surface area contributed by atoms with Crippen molar-refractivity contribution in [3.8, 4) is 17.0 Å². The molecular formula is C24H19FN4O2. The van der Waals surface area contributed by atoms with Gasteiger partial charge in [0.25, 0.3) is 5.91 Å². The number of halogens is 1. The van der Waals surface area contributed by atoms with E-state index in [2.05, 4.69) is 20.7 Å². The van der Waals surface area contributed by atoms with Crippen molar-refractivity contribution in [2.75, 3.05) is 0 Å². The number of carbonyl (C=O) groups is 1. The van der Waals surface area contributed by atoms with E-state index < -0.39 is 5.91 Å². The van der Waals surface area contributed by atoms with Gasteiger partial charge in [0.2, 0.25) is 0 Å². The second-order valence-corrected chi connectivity index (χ2v) is 6.72. The molecule has 0 unspecified atom stereocenters. The summed E-state index contributed by atoms with van der Waals surface area (Å²) in [6.45, 7) is 0.491. The van der Waals surface area contributed by atoms with Crippen LogP contribution in [0.3, 0.4) is 0 Å². The maximum Gasteiger partial charge on any atom is 0.289 e. The van der Waals surface area contributed by atoms with Crippen molar-refractivity contribution in [3.63, 3.8) is 0 Å². The van der Waals surface area contributed by atoms with Crippen molar-refractivity contribution < 1.29 is 13.9 Å². The van der Waals surface area contributed by atoms with Gasteiger partial charge in [0, 0.05) is 5.56 Å². The average Bonchev–Trinajstić information content (AvgIpc) is 3.30. The molecule has 7 heteroatoms. The molecule has 0 atom stereocenters. The minimum Gasteiger partial charge on any atom is -0.489 e. The minimum atomic E-state index is -0.431. The summed E-state index contributed by atoms with van der Waals surface area (Å²) in [5.74, 6) is -0.0156. The fourth-order valence-electron chi connectivity index (χ4n) is 2.82. The number of carbonyl (C=O) groups excluding carboxylic acids is 1. The van der Waals surface area contributed by atoms with Crippen LogP contribution in [-0.4, -0.2) is 22.3 Å². The lowest BCUT2D eigenvalue weighted by Gasteiger charge is -2.06. The monoisotopic (exact) mass is 414 g/mol. The summed E-state index contributed by atoms with van der Waals surface area (Å²) in [6, 6.07) is 24.8. The summed E-state index contributed by atoms with van der Waals surface area (Å²) in [6.07, 6.45) is 1.43. The molecule has 0 aliphatic carbocycles. The van der Waals surface area contributed by atoms with Crippen LogP contribution < -0.4 is 10.2 Å². The Kier molecular flexibility index (Phi) is 6.13. The lowest BCUT2D eigenvalue weighted by Crippen LogP contribution is -2.17. The molecule has 6 nitrogen and oxygen atoms in total. The first-order valence-electron chi connectivity index (χ1n) is 9.59. The maximum absolute atomic E-state index is 12.9. The number of nitrogens with zero attached hydrogens (tertiary/aromatic N) is 2. The number of ether oxygens (including phenoxy) is 1. The van der Waals surface area contributed by atoms with Crippen LogP contribution in [0.2, 0.25) is 0 Å². The van der Waals surface area contributed by atoms with Crippen molar-refractivity contribution >= 4 is 12.1 Å². The third-order valence-corrected chi connectivity index (χ3v) is 4.47. The Bertz CT molecular complexity index is 1170. The number of amides is 1. The zero-order chi connectivity index (χ0) is 21.5. The van der Waals surface area contributed by atoms with Crippen molar-refractivity contribution in [1.29, 1.82) is 0 Å². The number of rotatable bonds is 7. The molecule has 4 aromatic rings. The van der Waals surface area contributed by atoms with Gasteiger partial charge in [-0.1, -0.05) is 42.5 Å². The fourth-order valence-corrected chi connectivity index (χ4v) is 2.82. The number of nitrogens with one attached hydrogen (secondary N) is 2. The van der Waals surface area contributed by atoms with Gasteiger partial charge in [-0.3, -0.25) is 9.89 Å². The predicted molar refractivity (Wildman–Crippen MR) is 116 cm³/mol. The second kappa shape index (κ2) is 9.49. The quantitative estimate of drug-likeness (QED) is 0.344. The molecular weight excluding hydrogens is 395 g/mol. The standard InChI is InChI=1S/C24H19FN4O2/c25-20-10-6-17(7-11-20)15-26-29-24(30)23-14-22(27-28-23)19-8-12-21(13-9-19)31-16-18-4-2-1-3-5-18/h1-15H,16H2,(H,27,28)(H,29,30)/b26-15-. The van der Waals surface area contributed by atoms with Crippen molar-refractivity contribution in [1.82, 2.24) is 15.6 Å². The number of H-pyrrole nitrogens is 1. The summed E-state index contributed by atoms with van der Waals surface area (Å²) in [5, 5.41) is 10.8. The number of aromatic nitrogens is 2. The maximum atomic E-state index is 12.9. The predicted octanol–water partition coefficient (Wildman–Crippen LogP) is 4.56. The first kappa shape index (κ1) is 20.0. The number of hydrogen-bond donors (Lipinski definition) is 2. The zero-order valence-corrected chi connectivity index (χ0v) is 16.5. The van der Waals surface area contributed by atoms with Crippen molar-refractivity contribution in [2.45, 2.75) is 6.61 Å². The lowest BCUT2D eigenvalue weighted by molar-refractivity contribution is 0.0950. The third kappa shape index (κ3) is 5.42. The van der Waals surface area contributed by atoms with Gasteiger partial charge in [0.05, 0.1) is 11.9 Å². The summed E-state index contributed by atoms with van der Waals surface area (Å²) in [7, 11) is 0. The Hall–Kier alpha value is -4.26. The SMILES string of the molecule is O=C(N/N=C\c1ccc(F)cc1)c1cc(-c2ccc(OCc3ccccc3)cc2)n[nH]1. The van der Waals surface area contributed by atoms with Crippen LogP contribution in [0.1, 0.15) is 21.6 Å². The van der Waals surface area contributed by atoms with Gasteiger partial charge in [-0.25, -0.2) is 9.82 Å². The summed E-state index contributed by atoms with van der Waals surface area (Å²) >= 11 is 0. The van der Waals surface area contributed by atoms with E-state index in [1.165, 1.54) is 18.3 Å². The largest absolute Gasteiger partial charge is 0.489 e. The van der Waals surface area contributed by atoms with Gasteiger partial charge in [-0.15, -0.1) is 0 Å². The van der Waals surface area contributed by atoms with Crippen LogP contribution in [0.25, 0.3) is 11.3 Å². The first-order valence-corrected chi connectivity index (χ1v) is 9.59. The number of aromatic amines is 1. The first-order chi connectivity index (χ1) is 15.2. The van der Waals surface area contributed by atoms with Crippen LogP contribution in [0, 0.1) is 5.82 Å². The van der Waals surface area contributed by atoms with E-state index in [9.17, 15) is 9.18 Å². The van der Waals surface area contributed by atoms with E-state index in [-0.39, 0.29) is 11.5 Å². The highest BCUT2D eigenvalue weighted by Gasteiger charge is 2.10. The molecule has 0 radical (unpaired) electrons. The van der Waals surface area contributed by atoms with Gasteiger partial charge >= 0.3 is 0 Å². The topological polar surface area (TPSA) is 79.4 Å². The molecule has 154 valence electrons. The molecule has 0 fully saturated rings. The van der Waals surface area contributed by atoms with Crippen LogP contribution in [0.15, 0.2) is 90.0 Å². The van der Waals surface area contributed by atoms with E-state index in [0.29, 0.717) is 17.9 Å². The van der Waals surface area contributed by atoms with E-state index in [0.717, 1.165) is 16.9 Å². The molecule has 0 saturated carbocycles. The normalized spacial score (nSPS) is 10.9. The number of hydrogen-bond acceptors (Lipinski definition) is 4. The Morgan fingerprint density at radius 1 is 1.03 bits per heavy atom. The van der Waals surface area contributed by atoms with Gasteiger partial charge in [-0.05, 0) is 53.6 Å². The Morgan fingerprint density at radius 3 is 2.52 bits per heavy atom. The second-order valence-electron chi connectivity index (χ2n) is 6.72. The van der Waals surface area contributed by atoms with Crippen LogP contribution >= 0.6 is 0 Å². The van der Waals surface area contributed by atoms with E-state index >= 15 is 0 Å². The molecule has 0 spiro atoms. The molecule has 0 aliphatic rings. The van der Waals surface area contributed by atoms with Crippen LogP contribution in [-0.2, 0) is 6.61 Å². The Balaban J connectivity index is 1.34. The molecule has 0 bridgehead atoms. The highest BCUT2D eigenvalue weighted by Crippen LogP contribution is 2.22. The molecule has 1 amide bonds. The molecule has 0 aliphatic heterocycles. The Morgan fingerprint density at radius 2 is 1.77 bits per heavy atom. The molecule has 0 saturated heterocycles. The summed E-state index contributed by atoms with van der Waals surface area (Å²) in [4.78, 5) is 12.2. The highest BCUT2D eigenvalue weighted by atomic mass is 19.1. The number of hydrazone groups is 1. The number of benzene rings is 3. The summed E-state index contributed by atoms with van der Waals surface area (Å²) < 4.78 is 18.7. The zero-order valence-electron chi connectivity index (χ0n) is 16.5. The molecule has 4 rings (SSSR count). The summed E-state index contributed by atoms with van der Waals surface area (Å²) in [5.41, 5.74) is 5.92. The molecule has 31 heavy (non-hydrogen) atoms. The lowest BCUT2D eigenvalue weighted by atomic mass is 10.1. The molecule has 1 heterocycles. The van der Waals surface area contributed by atoms with Gasteiger partial charge in [0.15, 0.2) is 0 Å². The van der Waals surface area contributed by atoms with E-state index in [1.807, 2.05) is 54.6 Å². The molecule has 3 aromatic carbocycles.